The van der Waals surface area contributed by atoms with Gasteiger partial charge in [0.15, 0.2) is 5.82 Å². The summed E-state index contributed by atoms with van der Waals surface area (Å²) in [6.45, 7) is 7.36. The van der Waals surface area contributed by atoms with Crippen LogP contribution < -0.4 is 10.1 Å². The molecule has 0 radical (unpaired) electrons. The molecule has 1 saturated heterocycles. The van der Waals surface area contributed by atoms with Crippen LogP contribution in [0, 0.1) is 0 Å². The van der Waals surface area contributed by atoms with Crippen LogP contribution in [-0.2, 0) is 11.3 Å². The number of amides is 1. The first kappa shape index (κ1) is 20.3. The molecule has 1 fully saturated rings. The van der Waals surface area contributed by atoms with E-state index in [2.05, 4.69) is 34.2 Å². The van der Waals surface area contributed by atoms with Crippen molar-refractivity contribution in [3.63, 3.8) is 0 Å². The molecule has 1 aromatic carbocycles. The van der Waals surface area contributed by atoms with Crippen LogP contribution in [0.2, 0.25) is 0 Å². The molecule has 0 spiro atoms. The van der Waals surface area contributed by atoms with E-state index in [4.69, 9.17) is 9.26 Å². The number of methoxy groups -OCH3 is 1. The smallest absolute Gasteiger partial charge is 0.229 e. The molecule has 0 atom stereocenters. The van der Waals surface area contributed by atoms with Gasteiger partial charge in [0.05, 0.1) is 7.11 Å². The second kappa shape index (κ2) is 9.68. The summed E-state index contributed by atoms with van der Waals surface area (Å²) in [5, 5.41) is 7.05. The number of piperidine rings is 1. The van der Waals surface area contributed by atoms with E-state index >= 15 is 0 Å². The van der Waals surface area contributed by atoms with Gasteiger partial charge in [0.25, 0.3) is 0 Å². The number of rotatable bonds is 8. The van der Waals surface area contributed by atoms with Crippen molar-refractivity contribution in [3.05, 3.63) is 41.5 Å². The molecule has 7 nitrogen and oxygen atoms in total. The van der Waals surface area contributed by atoms with Gasteiger partial charge in [0.2, 0.25) is 11.8 Å². The first-order chi connectivity index (χ1) is 13.5. The van der Waals surface area contributed by atoms with Gasteiger partial charge in [-0.2, -0.15) is 4.98 Å². The summed E-state index contributed by atoms with van der Waals surface area (Å²) in [6, 6.07) is 7.73. The van der Waals surface area contributed by atoms with Gasteiger partial charge in [-0.05, 0) is 43.6 Å². The molecule has 2 aromatic rings. The second-order valence-electron chi connectivity index (χ2n) is 7.64. The van der Waals surface area contributed by atoms with Crippen molar-refractivity contribution in [2.24, 2.45) is 0 Å². The van der Waals surface area contributed by atoms with Crippen LogP contribution in [0.5, 0.6) is 5.75 Å². The summed E-state index contributed by atoms with van der Waals surface area (Å²) < 4.78 is 10.6. The molecule has 1 aromatic heterocycles. The Labute approximate surface area is 166 Å². The normalized spacial score (nSPS) is 15.7. The number of hydrogen-bond donors (Lipinski definition) is 1. The van der Waals surface area contributed by atoms with Crippen molar-refractivity contribution in [3.8, 4) is 5.75 Å². The van der Waals surface area contributed by atoms with Crippen molar-refractivity contribution < 1.29 is 14.1 Å². The van der Waals surface area contributed by atoms with Gasteiger partial charge in [0, 0.05) is 31.3 Å². The van der Waals surface area contributed by atoms with Gasteiger partial charge < -0.3 is 19.5 Å². The lowest BCUT2D eigenvalue weighted by Gasteiger charge is -2.30. The molecule has 2 heterocycles. The number of aromatic nitrogens is 2. The highest BCUT2D eigenvalue weighted by molar-refractivity contribution is 5.76. The highest BCUT2D eigenvalue weighted by Gasteiger charge is 2.25. The van der Waals surface area contributed by atoms with Gasteiger partial charge in [-0.1, -0.05) is 31.1 Å². The highest BCUT2D eigenvalue weighted by atomic mass is 16.5. The lowest BCUT2D eigenvalue weighted by atomic mass is 9.96. The predicted molar refractivity (Wildman–Crippen MR) is 106 cm³/mol. The Hall–Kier alpha value is -2.41. The van der Waals surface area contributed by atoms with Crippen LogP contribution in [0.3, 0.4) is 0 Å². The Morgan fingerprint density at radius 1 is 1.29 bits per heavy atom. The third-order valence-corrected chi connectivity index (χ3v) is 5.21. The maximum Gasteiger partial charge on any atom is 0.229 e. The summed E-state index contributed by atoms with van der Waals surface area (Å²) in [5.41, 5.74) is 1.07. The van der Waals surface area contributed by atoms with Crippen molar-refractivity contribution in [1.82, 2.24) is 20.4 Å². The lowest BCUT2D eigenvalue weighted by Crippen LogP contribution is -2.36. The van der Waals surface area contributed by atoms with E-state index in [0.29, 0.717) is 18.9 Å². The Kier molecular flexibility index (Phi) is 7.03. The lowest BCUT2D eigenvalue weighted by molar-refractivity contribution is -0.121. The maximum atomic E-state index is 12.1. The van der Waals surface area contributed by atoms with Gasteiger partial charge in [0.1, 0.15) is 5.75 Å². The van der Waals surface area contributed by atoms with E-state index in [1.165, 1.54) is 0 Å². The van der Waals surface area contributed by atoms with Gasteiger partial charge in [-0.15, -0.1) is 0 Å². The minimum absolute atomic E-state index is 0.0800. The monoisotopic (exact) mass is 386 g/mol. The first-order valence-corrected chi connectivity index (χ1v) is 10.0. The van der Waals surface area contributed by atoms with E-state index in [1.54, 1.807) is 7.11 Å². The molecule has 7 heteroatoms. The number of hydrogen-bond acceptors (Lipinski definition) is 6. The third-order valence-electron chi connectivity index (χ3n) is 5.21. The zero-order chi connectivity index (χ0) is 19.9. The molecule has 0 saturated carbocycles. The molecule has 0 aliphatic carbocycles. The Bertz CT molecular complexity index is 749. The number of ether oxygens (including phenoxy) is 1. The average Bonchev–Trinajstić information content (AvgIpc) is 3.22. The van der Waals surface area contributed by atoms with Gasteiger partial charge in [-0.3, -0.25) is 4.79 Å². The fraction of sp³-hybridized carbons (Fsp3) is 0.571. The van der Waals surface area contributed by atoms with Gasteiger partial charge in [-0.25, -0.2) is 0 Å². The van der Waals surface area contributed by atoms with Crippen molar-refractivity contribution >= 4 is 5.91 Å². The number of likely N-dealkylation sites (tertiary alicyclic amines) is 1. The molecule has 1 N–H and O–H groups in total. The highest BCUT2D eigenvalue weighted by Crippen LogP contribution is 2.27. The van der Waals surface area contributed by atoms with Crippen LogP contribution in [0.15, 0.2) is 28.8 Å². The van der Waals surface area contributed by atoms with Crippen molar-refractivity contribution in [2.75, 3.05) is 26.7 Å². The zero-order valence-electron chi connectivity index (χ0n) is 17.0. The van der Waals surface area contributed by atoms with Gasteiger partial charge >= 0.3 is 0 Å². The minimum Gasteiger partial charge on any atom is -0.497 e. The van der Waals surface area contributed by atoms with E-state index in [0.717, 1.165) is 55.5 Å². The second-order valence-corrected chi connectivity index (χ2v) is 7.64. The van der Waals surface area contributed by atoms with E-state index < -0.39 is 0 Å². The molecule has 1 aliphatic heterocycles. The van der Waals surface area contributed by atoms with Crippen LogP contribution in [0.25, 0.3) is 0 Å². The zero-order valence-corrected chi connectivity index (χ0v) is 17.0. The van der Waals surface area contributed by atoms with E-state index in [-0.39, 0.29) is 11.8 Å². The molecule has 152 valence electrons. The van der Waals surface area contributed by atoms with Crippen molar-refractivity contribution in [1.29, 1.82) is 0 Å². The van der Waals surface area contributed by atoms with Crippen LogP contribution in [-0.4, -0.2) is 47.7 Å². The summed E-state index contributed by atoms with van der Waals surface area (Å²) in [5.74, 6) is 3.07. The van der Waals surface area contributed by atoms with Crippen LogP contribution >= 0.6 is 0 Å². The molecule has 1 aliphatic rings. The topological polar surface area (TPSA) is 80.5 Å². The number of carbonyl (C=O) groups excluding carboxylic acids is 1. The Balaban J connectivity index is 1.35. The molecule has 28 heavy (non-hydrogen) atoms. The van der Waals surface area contributed by atoms with Crippen molar-refractivity contribution in [2.45, 2.75) is 51.5 Å². The quantitative estimate of drug-likeness (QED) is 0.751. The fourth-order valence-corrected chi connectivity index (χ4v) is 3.34. The summed E-state index contributed by atoms with van der Waals surface area (Å²) >= 11 is 0. The first-order valence-electron chi connectivity index (χ1n) is 10.0. The number of nitrogens with one attached hydrogen (secondary N) is 1. The predicted octanol–water partition coefficient (Wildman–Crippen LogP) is 3.09. The number of nitrogens with zero attached hydrogens (tertiary/aromatic N) is 3. The van der Waals surface area contributed by atoms with Crippen LogP contribution in [0.1, 0.15) is 62.2 Å². The molecule has 3 rings (SSSR count). The molecule has 0 unspecified atom stereocenters. The maximum absolute atomic E-state index is 12.1. The van der Waals surface area contributed by atoms with E-state index in [9.17, 15) is 4.79 Å². The molecule has 0 bridgehead atoms. The Morgan fingerprint density at radius 2 is 2.00 bits per heavy atom. The molecule has 1 amide bonds. The average molecular weight is 386 g/mol. The number of carbonyl (C=O) groups is 1. The Morgan fingerprint density at radius 3 is 2.61 bits per heavy atom. The summed E-state index contributed by atoms with van der Waals surface area (Å²) in [7, 11) is 1.64. The summed E-state index contributed by atoms with van der Waals surface area (Å²) in [4.78, 5) is 19.0. The molecular formula is C21H30N4O3. The number of benzene rings is 1. The largest absolute Gasteiger partial charge is 0.497 e. The summed E-state index contributed by atoms with van der Waals surface area (Å²) in [6.07, 6.45) is 2.50. The molecular weight excluding hydrogens is 356 g/mol. The minimum atomic E-state index is 0.0800. The van der Waals surface area contributed by atoms with Crippen LogP contribution in [0.4, 0.5) is 0 Å². The fourth-order valence-electron chi connectivity index (χ4n) is 3.34. The standard InChI is InChI=1S/C21H30N4O3/c1-15(2)20-23-21(28-24-20)17-8-11-25(12-9-17)13-10-19(26)22-14-16-4-6-18(27-3)7-5-16/h4-7,15,17H,8-14H2,1-3H3,(H,22,26). The third kappa shape index (κ3) is 5.55. The SMILES string of the molecule is COc1ccc(CNC(=O)CCN2CCC(c3nc(C(C)C)no3)CC2)cc1. The van der Waals surface area contributed by atoms with E-state index in [1.807, 2.05) is 24.3 Å².